The van der Waals surface area contributed by atoms with Gasteiger partial charge in [-0.1, -0.05) is 49.4 Å². The quantitative estimate of drug-likeness (QED) is 0.296. The highest BCUT2D eigenvalue weighted by molar-refractivity contribution is 7.15. The van der Waals surface area contributed by atoms with Gasteiger partial charge in [-0.15, -0.1) is 21.5 Å². The molecule has 37 heavy (non-hydrogen) atoms. The van der Waals surface area contributed by atoms with Crippen molar-refractivity contribution in [3.8, 4) is 10.4 Å². The van der Waals surface area contributed by atoms with E-state index in [1.807, 2.05) is 61.2 Å². The highest BCUT2D eigenvalue weighted by Gasteiger charge is 2.40. The third-order valence-corrected chi connectivity index (χ3v) is 8.60. The van der Waals surface area contributed by atoms with Gasteiger partial charge in [-0.3, -0.25) is 9.59 Å². The summed E-state index contributed by atoms with van der Waals surface area (Å²) in [5.74, 6) is -0.896. The number of hydrogen-bond donors (Lipinski definition) is 1. The Balaban J connectivity index is 1.45. The SMILES string of the molecule is CC(C)(C(=O)Nc1nncs1)C(c1cccc(F)c1)c1ccc(-c2ccc(C(=O)N3CCCC3)cc2)s1. The van der Waals surface area contributed by atoms with Gasteiger partial charge in [0, 0.05) is 34.3 Å². The number of hydrogen-bond acceptors (Lipinski definition) is 6. The zero-order chi connectivity index (χ0) is 26.0. The number of carbonyl (C=O) groups is 2. The minimum absolute atomic E-state index is 0.0743. The smallest absolute Gasteiger partial charge is 0.253 e. The fourth-order valence-electron chi connectivity index (χ4n) is 4.78. The zero-order valence-electron chi connectivity index (χ0n) is 20.6. The Morgan fingerprint density at radius 2 is 1.81 bits per heavy atom. The lowest BCUT2D eigenvalue weighted by Gasteiger charge is -2.32. The number of aromatic nitrogens is 2. The Bertz CT molecular complexity index is 1390. The summed E-state index contributed by atoms with van der Waals surface area (Å²) in [6, 6.07) is 18.1. The fourth-order valence-corrected chi connectivity index (χ4v) is 6.55. The van der Waals surface area contributed by atoms with E-state index in [1.54, 1.807) is 22.9 Å². The molecule has 1 fully saturated rings. The summed E-state index contributed by atoms with van der Waals surface area (Å²) in [7, 11) is 0. The van der Waals surface area contributed by atoms with E-state index in [-0.39, 0.29) is 17.6 Å². The molecule has 9 heteroatoms. The summed E-state index contributed by atoms with van der Waals surface area (Å²) >= 11 is 2.81. The number of amides is 2. The molecule has 2 aromatic heterocycles. The first kappa shape index (κ1) is 25.2. The number of nitrogens with one attached hydrogen (secondary N) is 1. The third kappa shape index (κ3) is 5.33. The topological polar surface area (TPSA) is 75.2 Å². The predicted molar refractivity (Wildman–Crippen MR) is 145 cm³/mol. The van der Waals surface area contributed by atoms with Gasteiger partial charge in [0.15, 0.2) is 0 Å². The maximum atomic E-state index is 14.3. The molecule has 4 aromatic rings. The summed E-state index contributed by atoms with van der Waals surface area (Å²) in [5, 5.41) is 11.0. The van der Waals surface area contributed by atoms with Gasteiger partial charge in [0.2, 0.25) is 11.0 Å². The van der Waals surface area contributed by atoms with Crippen LogP contribution in [0.2, 0.25) is 0 Å². The second kappa shape index (κ2) is 10.5. The van der Waals surface area contributed by atoms with Crippen LogP contribution in [0, 0.1) is 11.2 Å². The average molecular weight is 535 g/mol. The minimum Gasteiger partial charge on any atom is -0.339 e. The number of carbonyl (C=O) groups excluding carboxylic acids is 2. The van der Waals surface area contributed by atoms with E-state index >= 15 is 0 Å². The van der Waals surface area contributed by atoms with Crippen molar-refractivity contribution in [1.82, 2.24) is 15.1 Å². The van der Waals surface area contributed by atoms with E-state index in [2.05, 4.69) is 15.5 Å². The summed E-state index contributed by atoms with van der Waals surface area (Å²) in [6.45, 7) is 5.35. The van der Waals surface area contributed by atoms with Crippen molar-refractivity contribution in [2.75, 3.05) is 18.4 Å². The van der Waals surface area contributed by atoms with Gasteiger partial charge in [-0.05, 0) is 60.4 Å². The molecule has 0 bridgehead atoms. The number of rotatable bonds is 7. The molecule has 3 heterocycles. The molecule has 1 atom stereocenters. The van der Waals surface area contributed by atoms with Crippen molar-refractivity contribution in [2.24, 2.45) is 5.41 Å². The van der Waals surface area contributed by atoms with Gasteiger partial charge in [0.1, 0.15) is 11.3 Å². The fraction of sp³-hybridized carbons (Fsp3) is 0.286. The van der Waals surface area contributed by atoms with E-state index in [1.165, 1.54) is 23.5 Å². The predicted octanol–water partition coefficient (Wildman–Crippen LogP) is 6.44. The molecule has 0 aliphatic carbocycles. The Labute approximate surface area is 223 Å². The van der Waals surface area contributed by atoms with Crippen LogP contribution in [0.5, 0.6) is 0 Å². The number of nitrogens with zero attached hydrogens (tertiary/aromatic N) is 3. The molecule has 6 nitrogen and oxygen atoms in total. The van der Waals surface area contributed by atoms with Crippen LogP contribution in [0.3, 0.4) is 0 Å². The summed E-state index contributed by atoms with van der Waals surface area (Å²) < 4.78 is 14.3. The van der Waals surface area contributed by atoms with Gasteiger partial charge in [0.05, 0.1) is 5.41 Å². The first-order valence-electron chi connectivity index (χ1n) is 12.2. The van der Waals surface area contributed by atoms with Gasteiger partial charge in [-0.2, -0.15) is 0 Å². The van der Waals surface area contributed by atoms with Gasteiger partial charge >= 0.3 is 0 Å². The highest BCUT2D eigenvalue weighted by atomic mass is 32.1. The van der Waals surface area contributed by atoms with Crippen LogP contribution >= 0.6 is 22.7 Å². The number of halogens is 1. The molecule has 1 unspecified atom stereocenters. The maximum Gasteiger partial charge on any atom is 0.253 e. The minimum atomic E-state index is -0.923. The van der Waals surface area contributed by atoms with Crippen molar-refractivity contribution < 1.29 is 14.0 Å². The van der Waals surface area contributed by atoms with Crippen LogP contribution in [0.1, 0.15) is 53.4 Å². The van der Waals surface area contributed by atoms with E-state index in [9.17, 15) is 14.0 Å². The van der Waals surface area contributed by atoms with Crippen molar-refractivity contribution in [2.45, 2.75) is 32.6 Å². The van der Waals surface area contributed by atoms with Crippen molar-refractivity contribution >= 4 is 39.6 Å². The molecule has 0 spiro atoms. The molecule has 2 aromatic carbocycles. The van der Waals surface area contributed by atoms with Crippen molar-refractivity contribution in [3.05, 3.63) is 88.0 Å². The van der Waals surface area contributed by atoms with E-state index < -0.39 is 11.3 Å². The number of thiophene rings is 1. The van der Waals surface area contributed by atoms with Crippen LogP contribution in [0.15, 0.2) is 66.2 Å². The van der Waals surface area contributed by atoms with Gasteiger partial charge < -0.3 is 10.2 Å². The molecule has 0 radical (unpaired) electrons. The van der Waals surface area contributed by atoms with Crippen LogP contribution in [-0.4, -0.2) is 40.0 Å². The molecular weight excluding hydrogens is 507 g/mol. The second-order valence-electron chi connectivity index (χ2n) is 9.69. The lowest BCUT2D eigenvalue weighted by molar-refractivity contribution is -0.124. The molecular formula is C28H27FN4O2S2. The summed E-state index contributed by atoms with van der Waals surface area (Å²) in [6.07, 6.45) is 2.12. The number of likely N-dealkylation sites (tertiary alicyclic amines) is 1. The molecule has 190 valence electrons. The third-order valence-electron chi connectivity index (χ3n) is 6.79. The second-order valence-corrected chi connectivity index (χ2v) is 11.6. The van der Waals surface area contributed by atoms with Crippen LogP contribution in [-0.2, 0) is 4.79 Å². The normalized spacial score (nSPS) is 14.5. The van der Waals surface area contributed by atoms with E-state index in [0.717, 1.165) is 46.8 Å². The molecule has 1 saturated heterocycles. The Morgan fingerprint density at radius 3 is 2.49 bits per heavy atom. The molecule has 1 aliphatic rings. The monoisotopic (exact) mass is 534 g/mol. The largest absolute Gasteiger partial charge is 0.339 e. The van der Waals surface area contributed by atoms with Crippen LogP contribution in [0.4, 0.5) is 9.52 Å². The number of anilines is 1. The first-order chi connectivity index (χ1) is 17.8. The van der Waals surface area contributed by atoms with Crippen molar-refractivity contribution in [1.29, 1.82) is 0 Å². The Kier molecular flexibility index (Phi) is 7.17. The molecule has 0 saturated carbocycles. The summed E-state index contributed by atoms with van der Waals surface area (Å²) in [4.78, 5) is 30.0. The van der Waals surface area contributed by atoms with Crippen LogP contribution in [0.25, 0.3) is 10.4 Å². The highest BCUT2D eigenvalue weighted by Crippen LogP contribution is 2.46. The average Bonchev–Trinajstić information content (AvgIpc) is 3.67. The maximum absolute atomic E-state index is 14.3. The van der Waals surface area contributed by atoms with E-state index in [0.29, 0.717) is 10.7 Å². The molecule has 1 N–H and O–H groups in total. The van der Waals surface area contributed by atoms with E-state index in [4.69, 9.17) is 0 Å². The molecule has 5 rings (SSSR count). The number of benzene rings is 2. The van der Waals surface area contributed by atoms with Crippen LogP contribution < -0.4 is 5.32 Å². The van der Waals surface area contributed by atoms with Crippen molar-refractivity contribution in [3.63, 3.8) is 0 Å². The zero-order valence-corrected chi connectivity index (χ0v) is 22.2. The molecule has 1 aliphatic heterocycles. The lowest BCUT2D eigenvalue weighted by atomic mass is 9.73. The van der Waals surface area contributed by atoms with Gasteiger partial charge in [-0.25, -0.2) is 4.39 Å². The Morgan fingerprint density at radius 1 is 1.05 bits per heavy atom. The Hall–Kier alpha value is -3.43. The standard InChI is InChI=1S/C28H27FN4O2S2/c1-28(2,26(35)31-27-32-30-17-36-27)24(20-6-5-7-21(29)16-20)23-13-12-22(37-23)18-8-10-19(11-9-18)25(34)33-14-3-4-15-33/h5-13,16-17,24H,3-4,14-15H2,1-2H3,(H,31,32,35). The lowest BCUT2D eigenvalue weighted by Crippen LogP contribution is -2.36. The van der Waals surface area contributed by atoms with Gasteiger partial charge in [0.25, 0.3) is 5.91 Å². The summed E-state index contributed by atoms with van der Waals surface area (Å²) in [5.41, 5.74) is 3.03. The molecule has 2 amide bonds. The first-order valence-corrected chi connectivity index (χ1v) is 13.8.